The number of carboxylic acids is 1. The van der Waals surface area contributed by atoms with E-state index in [0.717, 1.165) is 6.07 Å². The highest BCUT2D eigenvalue weighted by atomic mass is 79.9. The molecule has 0 aliphatic heterocycles. The highest BCUT2D eigenvalue weighted by molar-refractivity contribution is 9.10. The van der Waals surface area contributed by atoms with Crippen LogP contribution in [0.5, 0.6) is 0 Å². The van der Waals surface area contributed by atoms with Crippen LogP contribution in [0.4, 0.5) is 0 Å². The molecule has 0 fully saturated rings. The molecule has 1 aromatic carbocycles. The van der Waals surface area contributed by atoms with Crippen molar-refractivity contribution in [2.24, 2.45) is 0 Å². The summed E-state index contributed by atoms with van der Waals surface area (Å²) in [5, 5.41) is 17.4. The standard InChI is InChI=1S/C9H4BrNO3/c10-8-2-6(4-12)7(9(13)14)1-5(8)3-11/h1-2,4H,(H,13,14). The van der Waals surface area contributed by atoms with E-state index in [1.807, 2.05) is 6.07 Å². The van der Waals surface area contributed by atoms with Crippen molar-refractivity contribution in [3.63, 3.8) is 0 Å². The first-order valence-corrected chi connectivity index (χ1v) is 4.31. The van der Waals surface area contributed by atoms with Gasteiger partial charge in [-0.3, -0.25) is 4.79 Å². The molecule has 0 saturated carbocycles. The summed E-state index contributed by atoms with van der Waals surface area (Å²) in [6.45, 7) is 0. The summed E-state index contributed by atoms with van der Waals surface area (Å²) in [6.07, 6.45) is 0.440. The van der Waals surface area contributed by atoms with E-state index in [-0.39, 0.29) is 16.7 Å². The van der Waals surface area contributed by atoms with Crippen LogP contribution in [-0.2, 0) is 0 Å². The normalized spacial score (nSPS) is 9.14. The first-order chi connectivity index (χ1) is 6.60. The van der Waals surface area contributed by atoms with Crippen molar-refractivity contribution >= 4 is 28.2 Å². The monoisotopic (exact) mass is 253 g/mol. The Morgan fingerprint density at radius 2 is 2.21 bits per heavy atom. The van der Waals surface area contributed by atoms with Gasteiger partial charge in [0.15, 0.2) is 6.29 Å². The number of halogens is 1. The Balaban J connectivity index is 3.49. The lowest BCUT2D eigenvalue weighted by Gasteiger charge is -2.01. The molecule has 0 aromatic heterocycles. The summed E-state index contributed by atoms with van der Waals surface area (Å²) < 4.78 is 0.409. The predicted octanol–water partition coefficient (Wildman–Crippen LogP) is 1.83. The van der Waals surface area contributed by atoms with Crippen molar-refractivity contribution in [3.8, 4) is 6.07 Å². The number of hydrogen-bond donors (Lipinski definition) is 1. The van der Waals surface area contributed by atoms with Gasteiger partial charge in [-0.15, -0.1) is 0 Å². The highest BCUT2D eigenvalue weighted by Gasteiger charge is 2.12. The van der Waals surface area contributed by atoms with Gasteiger partial charge in [-0.05, 0) is 28.1 Å². The molecule has 0 bridgehead atoms. The molecule has 14 heavy (non-hydrogen) atoms. The van der Waals surface area contributed by atoms with Gasteiger partial charge in [0.25, 0.3) is 0 Å². The van der Waals surface area contributed by atoms with Crippen molar-refractivity contribution in [1.29, 1.82) is 5.26 Å². The third-order valence-electron chi connectivity index (χ3n) is 1.62. The van der Waals surface area contributed by atoms with E-state index in [9.17, 15) is 9.59 Å². The topological polar surface area (TPSA) is 78.2 Å². The second-order valence-electron chi connectivity index (χ2n) is 2.45. The fourth-order valence-corrected chi connectivity index (χ4v) is 1.41. The fourth-order valence-electron chi connectivity index (χ4n) is 0.957. The highest BCUT2D eigenvalue weighted by Crippen LogP contribution is 2.20. The molecule has 70 valence electrons. The molecule has 0 amide bonds. The lowest BCUT2D eigenvalue weighted by atomic mass is 10.1. The number of nitriles is 1. The van der Waals surface area contributed by atoms with Crippen LogP contribution in [0.3, 0.4) is 0 Å². The van der Waals surface area contributed by atoms with Gasteiger partial charge in [0.1, 0.15) is 6.07 Å². The van der Waals surface area contributed by atoms with E-state index in [2.05, 4.69) is 15.9 Å². The largest absolute Gasteiger partial charge is 0.478 e. The number of hydrogen-bond acceptors (Lipinski definition) is 3. The quantitative estimate of drug-likeness (QED) is 0.816. The molecule has 0 unspecified atom stereocenters. The third kappa shape index (κ3) is 1.80. The zero-order chi connectivity index (χ0) is 10.7. The molecular weight excluding hydrogens is 250 g/mol. The van der Waals surface area contributed by atoms with Gasteiger partial charge in [0, 0.05) is 10.0 Å². The predicted molar refractivity (Wildman–Crippen MR) is 51.2 cm³/mol. The van der Waals surface area contributed by atoms with E-state index in [0.29, 0.717) is 10.8 Å². The summed E-state index contributed by atoms with van der Waals surface area (Å²) >= 11 is 3.06. The molecule has 0 aliphatic rings. The van der Waals surface area contributed by atoms with E-state index in [1.165, 1.54) is 6.07 Å². The van der Waals surface area contributed by atoms with Gasteiger partial charge >= 0.3 is 5.97 Å². The van der Waals surface area contributed by atoms with Crippen LogP contribution < -0.4 is 0 Å². The molecule has 1 N–H and O–H groups in total. The maximum absolute atomic E-state index is 10.7. The Morgan fingerprint density at radius 1 is 1.57 bits per heavy atom. The molecular formula is C9H4BrNO3. The molecule has 0 atom stereocenters. The van der Waals surface area contributed by atoms with Crippen molar-refractivity contribution in [2.45, 2.75) is 0 Å². The van der Waals surface area contributed by atoms with Gasteiger partial charge in [-0.2, -0.15) is 5.26 Å². The number of carboxylic acid groups (broad SMARTS) is 1. The molecule has 0 heterocycles. The van der Waals surface area contributed by atoms with Crippen LogP contribution in [0.1, 0.15) is 26.3 Å². The van der Waals surface area contributed by atoms with E-state index < -0.39 is 5.97 Å². The van der Waals surface area contributed by atoms with Crippen LogP contribution in [0.25, 0.3) is 0 Å². The maximum Gasteiger partial charge on any atom is 0.336 e. The SMILES string of the molecule is N#Cc1cc(C(=O)O)c(C=O)cc1Br. The molecule has 1 aromatic rings. The second-order valence-corrected chi connectivity index (χ2v) is 3.31. The minimum Gasteiger partial charge on any atom is -0.478 e. The average molecular weight is 254 g/mol. The Morgan fingerprint density at radius 3 is 2.64 bits per heavy atom. The lowest BCUT2D eigenvalue weighted by Crippen LogP contribution is -2.02. The van der Waals surface area contributed by atoms with Crippen LogP contribution >= 0.6 is 15.9 Å². The number of aldehydes is 1. The van der Waals surface area contributed by atoms with Crippen LogP contribution in [0.2, 0.25) is 0 Å². The summed E-state index contributed by atoms with van der Waals surface area (Å²) in [5.74, 6) is -1.23. The molecule has 0 spiro atoms. The van der Waals surface area contributed by atoms with Crippen LogP contribution in [0.15, 0.2) is 16.6 Å². The number of carbonyl (C=O) groups excluding carboxylic acids is 1. The summed E-state index contributed by atoms with van der Waals surface area (Å²) in [5.41, 5.74) is 0.0659. The maximum atomic E-state index is 10.7. The number of benzene rings is 1. The van der Waals surface area contributed by atoms with Crippen LogP contribution in [0, 0.1) is 11.3 Å². The first kappa shape index (κ1) is 10.4. The zero-order valence-corrected chi connectivity index (χ0v) is 8.41. The molecule has 0 aliphatic carbocycles. The average Bonchev–Trinajstić information content (AvgIpc) is 2.16. The summed E-state index contributed by atoms with van der Waals surface area (Å²) in [6, 6.07) is 4.29. The van der Waals surface area contributed by atoms with E-state index in [4.69, 9.17) is 10.4 Å². The van der Waals surface area contributed by atoms with Gasteiger partial charge in [-0.1, -0.05) is 0 Å². The molecule has 0 radical (unpaired) electrons. The van der Waals surface area contributed by atoms with Gasteiger partial charge < -0.3 is 5.11 Å². The summed E-state index contributed by atoms with van der Waals surface area (Å²) in [4.78, 5) is 21.2. The second kappa shape index (κ2) is 4.03. The minimum absolute atomic E-state index is 0.0448. The Labute approximate surface area is 87.9 Å². The van der Waals surface area contributed by atoms with Gasteiger partial charge in [-0.25, -0.2) is 4.79 Å². The smallest absolute Gasteiger partial charge is 0.336 e. The Hall–Kier alpha value is -1.67. The number of carbonyl (C=O) groups is 2. The number of aromatic carboxylic acids is 1. The van der Waals surface area contributed by atoms with E-state index in [1.54, 1.807) is 0 Å². The minimum atomic E-state index is -1.23. The summed E-state index contributed by atoms with van der Waals surface area (Å²) in [7, 11) is 0. The zero-order valence-electron chi connectivity index (χ0n) is 6.82. The van der Waals surface area contributed by atoms with Crippen LogP contribution in [-0.4, -0.2) is 17.4 Å². The van der Waals surface area contributed by atoms with E-state index >= 15 is 0 Å². The Bertz CT molecular complexity index is 448. The van der Waals surface area contributed by atoms with Gasteiger partial charge in [0.2, 0.25) is 0 Å². The Kier molecular flexibility index (Phi) is 2.99. The first-order valence-electron chi connectivity index (χ1n) is 3.52. The molecule has 1 rings (SSSR count). The molecule has 4 nitrogen and oxygen atoms in total. The van der Waals surface area contributed by atoms with Crippen molar-refractivity contribution < 1.29 is 14.7 Å². The van der Waals surface area contributed by atoms with Crippen molar-refractivity contribution in [2.75, 3.05) is 0 Å². The lowest BCUT2D eigenvalue weighted by molar-refractivity contribution is 0.0694. The number of nitrogens with zero attached hydrogens (tertiary/aromatic N) is 1. The fraction of sp³-hybridized carbons (Fsp3) is 0. The third-order valence-corrected chi connectivity index (χ3v) is 2.27. The molecule has 5 heteroatoms. The van der Waals surface area contributed by atoms with Crippen molar-refractivity contribution in [3.05, 3.63) is 33.3 Å². The van der Waals surface area contributed by atoms with Crippen molar-refractivity contribution in [1.82, 2.24) is 0 Å². The molecule has 0 saturated heterocycles. The number of rotatable bonds is 2. The van der Waals surface area contributed by atoms with Gasteiger partial charge in [0.05, 0.1) is 11.1 Å².